The number of hydrogen-bond acceptors (Lipinski definition) is 3. The van der Waals surface area contributed by atoms with Crippen molar-refractivity contribution < 1.29 is 0 Å². The van der Waals surface area contributed by atoms with Crippen molar-refractivity contribution in [1.29, 1.82) is 0 Å². The Hall–Kier alpha value is -1.01. The number of hydrazine groups is 1. The van der Waals surface area contributed by atoms with Crippen molar-refractivity contribution in [1.82, 2.24) is 9.04 Å². The molecule has 2 heterocycles. The quantitative estimate of drug-likeness (QED) is 0.667. The van der Waals surface area contributed by atoms with Crippen LogP contribution in [0.4, 0.5) is 0 Å². The van der Waals surface area contributed by atoms with Crippen molar-refractivity contribution in [2.75, 3.05) is 6.54 Å². The van der Waals surface area contributed by atoms with E-state index in [0.29, 0.717) is 5.92 Å². The molecule has 112 valence electrons. The van der Waals surface area contributed by atoms with Gasteiger partial charge in [-0.1, -0.05) is 48.6 Å². The van der Waals surface area contributed by atoms with Gasteiger partial charge in [-0.3, -0.25) is 0 Å². The van der Waals surface area contributed by atoms with Crippen LogP contribution in [0.3, 0.4) is 0 Å². The molecular weight excluding hydrogens is 406 g/mol. The van der Waals surface area contributed by atoms with Gasteiger partial charge < -0.3 is 0 Å². The molecule has 2 atom stereocenters. The fourth-order valence-electron chi connectivity index (χ4n) is 3.38. The average Bonchev–Trinajstić information content (AvgIpc) is 2.80. The molecule has 22 heavy (non-hydrogen) atoms. The van der Waals surface area contributed by atoms with E-state index in [1.807, 2.05) is 6.08 Å². The third-order valence-corrected chi connectivity index (χ3v) is 5.92. The van der Waals surface area contributed by atoms with Gasteiger partial charge in [0.2, 0.25) is 0 Å². The maximum Gasteiger partial charge on any atom is 0.115 e. The fraction of sp³-hybridized carbons (Fsp3) is 0.235. The first-order chi connectivity index (χ1) is 10.7. The third kappa shape index (κ3) is 2.19. The molecule has 3 aliphatic rings. The number of aliphatic imine (C=N–C) groups is 1. The molecule has 0 amide bonds. The van der Waals surface area contributed by atoms with Crippen LogP contribution >= 0.6 is 32.1 Å². The van der Waals surface area contributed by atoms with E-state index in [9.17, 15) is 0 Å². The van der Waals surface area contributed by atoms with E-state index < -0.39 is 0 Å². The second-order valence-corrected chi connectivity index (χ2v) is 7.21. The summed E-state index contributed by atoms with van der Waals surface area (Å²) in [5.74, 6) is 0.385. The maximum atomic E-state index is 4.69. The zero-order valence-corrected chi connectivity index (χ0v) is 15.0. The van der Waals surface area contributed by atoms with Gasteiger partial charge in [-0.25, -0.2) is 10.0 Å². The Labute approximate surface area is 147 Å². The Balaban J connectivity index is 1.68. The predicted molar refractivity (Wildman–Crippen MR) is 96.6 cm³/mol. The van der Waals surface area contributed by atoms with Crippen LogP contribution in [0.5, 0.6) is 0 Å². The first-order valence-corrected chi connectivity index (χ1v) is 8.77. The summed E-state index contributed by atoms with van der Waals surface area (Å²) in [6.45, 7) is 1.84. The zero-order valence-electron chi connectivity index (χ0n) is 11.9. The van der Waals surface area contributed by atoms with Crippen LogP contribution in [-0.4, -0.2) is 25.7 Å². The first-order valence-electron chi connectivity index (χ1n) is 7.27. The Kier molecular flexibility index (Phi) is 3.69. The molecule has 1 aromatic rings. The monoisotopic (exact) mass is 419 g/mol. The van der Waals surface area contributed by atoms with Gasteiger partial charge in [0.25, 0.3) is 0 Å². The topological polar surface area (TPSA) is 18.8 Å². The minimum atomic E-state index is -0.221. The summed E-state index contributed by atoms with van der Waals surface area (Å²) in [6, 6.07) is 10.6. The highest BCUT2D eigenvalue weighted by Gasteiger charge is 2.54. The van der Waals surface area contributed by atoms with Crippen molar-refractivity contribution in [3.8, 4) is 0 Å². The van der Waals surface area contributed by atoms with Crippen molar-refractivity contribution >= 4 is 36.7 Å². The Morgan fingerprint density at radius 3 is 2.91 bits per heavy atom. The predicted octanol–water partition coefficient (Wildman–Crippen LogP) is 4.20. The van der Waals surface area contributed by atoms with E-state index >= 15 is 0 Å². The van der Waals surface area contributed by atoms with Gasteiger partial charge in [-0.15, -0.1) is 0 Å². The van der Waals surface area contributed by atoms with Crippen LogP contribution in [0.2, 0.25) is 0 Å². The van der Waals surface area contributed by atoms with Crippen LogP contribution in [0.15, 0.2) is 71.4 Å². The summed E-state index contributed by atoms with van der Waals surface area (Å²) in [5.41, 5.74) is 2.16. The molecule has 1 saturated heterocycles. The standard InChI is InChI=1S/C17H15Br2N3/c18-16-9-10-17-14(7-4-8-15(17)20-16)12-21(22(17)19)11-13-5-2-1-3-6-13/h1-10,14H,11-12H2. The summed E-state index contributed by atoms with van der Waals surface area (Å²) < 4.78 is 3.05. The minimum Gasteiger partial charge on any atom is -0.244 e. The molecule has 1 aliphatic carbocycles. The van der Waals surface area contributed by atoms with Crippen molar-refractivity contribution in [2.45, 2.75) is 12.1 Å². The Morgan fingerprint density at radius 1 is 1.27 bits per heavy atom. The smallest absolute Gasteiger partial charge is 0.115 e. The molecule has 1 spiro atoms. The number of benzene rings is 1. The van der Waals surface area contributed by atoms with Crippen LogP contribution < -0.4 is 0 Å². The van der Waals surface area contributed by atoms with Gasteiger partial charge in [-0.2, -0.15) is 4.03 Å². The molecule has 4 rings (SSSR count). The lowest BCUT2D eigenvalue weighted by Crippen LogP contribution is -2.47. The number of nitrogens with zero attached hydrogens (tertiary/aromatic N) is 3. The van der Waals surface area contributed by atoms with E-state index in [0.717, 1.165) is 23.4 Å². The SMILES string of the molecule is BrC1=NC2=CC=CC3CN(Cc4ccccc4)N(Br)C23C=C1. The minimum absolute atomic E-state index is 0.221. The molecule has 0 N–H and O–H groups in total. The second kappa shape index (κ2) is 5.57. The number of rotatable bonds is 2. The molecule has 0 bridgehead atoms. The number of hydrogen-bond donors (Lipinski definition) is 0. The summed E-state index contributed by atoms with van der Waals surface area (Å²) in [4.78, 5) is 4.69. The molecule has 1 aromatic carbocycles. The lowest BCUT2D eigenvalue weighted by atomic mass is 9.78. The van der Waals surface area contributed by atoms with Crippen LogP contribution in [0, 0.1) is 5.92 Å². The molecule has 2 unspecified atom stereocenters. The van der Waals surface area contributed by atoms with Crippen LogP contribution in [0.25, 0.3) is 0 Å². The lowest BCUT2D eigenvalue weighted by molar-refractivity contribution is 0.0901. The van der Waals surface area contributed by atoms with Crippen LogP contribution in [-0.2, 0) is 6.54 Å². The van der Waals surface area contributed by atoms with Crippen molar-refractivity contribution in [3.63, 3.8) is 0 Å². The van der Waals surface area contributed by atoms with Crippen molar-refractivity contribution in [2.24, 2.45) is 10.9 Å². The van der Waals surface area contributed by atoms with Gasteiger partial charge in [0.05, 0.1) is 5.70 Å². The van der Waals surface area contributed by atoms with Gasteiger partial charge >= 0.3 is 0 Å². The fourth-order valence-corrected chi connectivity index (χ4v) is 4.51. The lowest BCUT2D eigenvalue weighted by Gasteiger charge is -2.39. The van der Waals surface area contributed by atoms with Gasteiger partial charge in [-0.05, 0) is 33.6 Å². The number of dihydropyridines is 1. The van der Waals surface area contributed by atoms with Gasteiger partial charge in [0, 0.05) is 35.2 Å². The third-order valence-electron chi connectivity index (χ3n) is 4.44. The number of halogens is 2. The highest BCUT2D eigenvalue weighted by molar-refractivity contribution is 9.18. The zero-order chi connectivity index (χ0) is 15.2. The Morgan fingerprint density at radius 2 is 2.09 bits per heavy atom. The molecule has 0 saturated carbocycles. The first kappa shape index (κ1) is 14.6. The largest absolute Gasteiger partial charge is 0.244 e. The average molecular weight is 421 g/mol. The molecule has 1 fully saturated rings. The molecule has 5 heteroatoms. The van der Waals surface area contributed by atoms with E-state index in [2.05, 4.69) is 101 Å². The number of allylic oxidation sites excluding steroid dienone is 3. The van der Waals surface area contributed by atoms with E-state index in [1.165, 1.54) is 5.56 Å². The molecule has 0 aromatic heterocycles. The van der Waals surface area contributed by atoms with Gasteiger partial charge in [0.1, 0.15) is 10.2 Å². The molecule has 2 aliphatic heterocycles. The van der Waals surface area contributed by atoms with E-state index in [-0.39, 0.29) is 5.54 Å². The summed E-state index contributed by atoms with van der Waals surface area (Å²) in [6.07, 6.45) is 10.8. The van der Waals surface area contributed by atoms with E-state index in [1.54, 1.807) is 0 Å². The van der Waals surface area contributed by atoms with E-state index in [4.69, 9.17) is 0 Å². The van der Waals surface area contributed by atoms with Gasteiger partial charge in [0.15, 0.2) is 0 Å². The summed E-state index contributed by atoms with van der Waals surface area (Å²) in [7, 11) is 0. The molecule has 0 radical (unpaired) electrons. The second-order valence-electron chi connectivity index (χ2n) is 5.73. The van der Waals surface area contributed by atoms with Crippen molar-refractivity contribution in [3.05, 3.63) is 72.0 Å². The van der Waals surface area contributed by atoms with Crippen LogP contribution in [0.1, 0.15) is 5.56 Å². The Bertz CT molecular complexity index is 708. The highest BCUT2D eigenvalue weighted by atomic mass is 79.9. The summed E-state index contributed by atoms with van der Waals surface area (Å²) >= 11 is 7.29. The highest BCUT2D eigenvalue weighted by Crippen LogP contribution is 2.48. The molecular formula is C17H15Br2N3. The normalized spacial score (nSPS) is 30.7. The molecule has 3 nitrogen and oxygen atoms in total. The maximum absolute atomic E-state index is 4.69. The summed E-state index contributed by atoms with van der Waals surface area (Å²) in [5, 5.41) is 2.34.